The number of benzene rings is 1. The molecule has 1 amide bonds. The first-order valence-corrected chi connectivity index (χ1v) is 16.6. The number of carboxylic acids is 1. The lowest BCUT2D eigenvalue weighted by atomic mass is 10.0. The second-order valence-electron chi connectivity index (χ2n) is 13.1. The summed E-state index contributed by atoms with van der Waals surface area (Å²) in [6, 6.07) is 10.8. The highest BCUT2D eigenvalue weighted by Gasteiger charge is 2.38. The predicted molar refractivity (Wildman–Crippen MR) is 175 cm³/mol. The number of likely N-dealkylation sites (N-methyl/N-ethyl adjacent to an activating group) is 1. The quantitative estimate of drug-likeness (QED) is 0.335. The SMILES string of the molecule is CN1CCN(C2CCN(Cc3ccc(C(=O)N(CC4CCCC4)Nc4nc(C#N)nc5c4ncn5C)cc3)CC2)CC1.O=C(O)C(F)(F)F. The van der Waals surface area contributed by atoms with Gasteiger partial charge in [-0.25, -0.2) is 9.78 Å². The lowest BCUT2D eigenvalue weighted by molar-refractivity contribution is -0.192. The zero-order chi connectivity index (χ0) is 35.1. The van der Waals surface area contributed by atoms with E-state index in [2.05, 4.69) is 54.3 Å². The van der Waals surface area contributed by atoms with Gasteiger partial charge in [-0.2, -0.15) is 28.4 Å². The summed E-state index contributed by atoms with van der Waals surface area (Å²) in [5.41, 5.74) is 6.18. The molecule has 2 saturated heterocycles. The molecular weight excluding hydrogens is 641 g/mol. The van der Waals surface area contributed by atoms with Crippen molar-refractivity contribution in [2.45, 2.75) is 57.3 Å². The van der Waals surface area contributed by atoms with Gasteiger partial charge in [0.15, 0.2) is 17.0 Å². The van der Waals surface area contributed by atoms with Crippen LogP contribution in [0.4, 0.5) is 19.0 Å². The Hall–Kier alpha value is -4.33. The molecule has 3 aliphatic rings. The first-order valence-electron chi connectivity index (χ1n) is 16.6. The molecule has 0 atom stereocenters. The summed E-state index contributed by atoms with van der Waals surface area (Å²) in [5.74, 6) is -2.03. The monoisotopic (exact) mass is 684 g/mol. The Labute approximate surface area is 283 Å². The number of alkyl halides is 3. The van der Waals surface area contributed by atoms with Gasteiger partial charge in [-0.1, -0.05) is 25.0 Å². The fourth-order valence-corrected chi connectivity index (χ4v) is 6.69. The zero-order valence-electron chi connectivity index (χ0n) is 27.9. The summed E-state index contributed by atoms with van der Waals surface area (Å²) in [4.78, 5) is 43.5. The van der Waals surface area contributed by atoms with Crippen molar-refractivity contribution in [3.8, 4) is 6.07 Å². The molecule has 0 radical (unpaired) electrons. The third-order valence-electron chi connectivity index (χ3n) is 9.52. The minimum atomic E-state index is -5.08. The number of nitrogens with one attached hydrogen (secondary N) is 1. The normalized spacial score (nSPS) is 18.5. The maximum absolute atomic E-state index is 13.9. The van der Waals surface area contributed by atoms with Gasteiger partial charge in [0.05, 0.1) is 6.33 Å². The van der Waals surface area contributed by atoms with Gasteiger partial charge >= 0.3 is 12.1 Å². The number of carboxylic acid groups (broad SMARTS) is 1. The van der Waals surface area contributed by atoms with Crippen molar-refractivity contribution < 1.29 is 27.9 Å². The third kappa shape index (κ3) is 9.43. The first-order chi connectivity index (χ1) is 23.4. The van der Waals surface area contributed by atoms with Crippen LogP contribution in [0.25, 0.3) is 11.2 Å². The minimum absolute atomic E-state index is 0.0405. The number of aryl methyl sites for hydroxylation is 1. The van der Waals surface area contributed by atoms with E-state index in [0.717, 1.165) is 32.5 Å². The molecule has 1 saturated carbocycles. The van der Waals surface area contributed by atoms with E-state index in [9.17, 15) is 23.2 Å². The molecule has 0 unspecified atom stereocenters. The largest absolute Gasteiger partial charge is 0.490 e. The highest BCUT2D eigenvalue weighted by atomic mass is 19.4. The molecule has 1 aliphatic carbocycles. The van der Waals surface area contributed by atoms with E-state index < -0.39 is 12.1 Å². The van der Waals surface area contributed by atoms with Gasteiger partial charge in [0.1, 0.15) is 6.07 Å². The molecular formula is C33H43F3N10O3. The molecule has 13 nitrogen and oxygen atoms in total. The van der Waals surface area contributed by atoms with E-state index in [1.165, 1.54) is 57.4 Å². The van der Waals surface area contributed by atoms with Crippen LogP contribution < -0.4 is 5.43 Å². The van der Waals surface area contributed by atoms with Crippen molar-refractivity contribution in [2.24, 2.45) is 13.0 Å². The lowest BCUT2D eigenvalue weighted by Gasteiger charge is -2.42. The number of rotatable bonds is 8. The van der Waals surface area contributed by atoms with Gasteiger partial charge in [0.25, 0.3) is 5.91 Å². The van der Waals surface area contributed by atoms with E-state index in [0.29, 0.717) is 41.0 Å². The van der Waals surface area contributed by atoms with Crippen LogP contribution in [-0.2, 0) is 18.4 Å². The number of piperidine rings is 1. The number of nitrogens with zero attached hydrogens (tertiary/aromatic N) is 9. The zero-order valence-corrected chi connectivity index (χ0v) is 27.9. The number of likely N-dealkylation sites (tertiary alicyclic amines) is 1. The minimum Gasteiger partial charge on any atom is -0.475 e. The van der Waals surface area contributed by atoms with Gasteiger partial charge in [0, 0.05) is 57.9 Å². The maximum Gasteiger partial charge on any atom is 0.490 e. The molecule has 0 spiro atoms. The van der Waals surface area contributed by atoms with Crippen LogP contribution in [0.5, 0.6) is 0 Å². The summed E-state index contributed by atoms with van der Waals surface area (Å²) in [6.45, 7) is 8.43. The van der Waals surface area contributed by atoms with Crippen LogP contribution in [0.3, 0.4) is 0 Å². The Bertz CT molecular complexity index is 1620. The molecule has 6 rings (SSSR count). The Kier molecular flexibility index (Phi) is 11.7. The van der Waals surface area contributed by atoms with Gasteiger partial charge in [-0.15, -0.1) is 0 Å². The molecule has 1 aromatic carbocycles. The van der Waals surface area contributed by atoms with E-state index in [1.54, 1.807) is 15.9 Å². The molecule has 2 N–H and O–H groups in total. The van der Waals surface area contributed by atoms with E-state index in [1.807, 2.05) is 25.2 Å². The summed E-state index contributed by atoms with van der Waals surface area (Å²) >= 11 is 0. The molecule has 49 heavy (non-hydrogen) atoms. The molecule has 16 heteroatoms. The number of hydrogen-bond acceptors (Lipinski definition) is 10. The number of nitriles is 1. The topological polar surface area (TPSA) is 147 Å². The Morgan fingerprint density at radius 2 is 1.63 bits per heavy atom. The smallest absolute Gasteiger partial charge is 0.475 e. The fourth-order valence-electron chi connectivity index (χ4n) is 6.69. The lowest BCUT2D eigenvalue weighted by Crippen LogP contribution is -2.52. The second kappa shape index (κ2) is 15.9. The van der Waals surface area contributed by atoms with Gasteiger partial charge in [0.2, 0.25) is 5.82 Å². The van der Waals surface area contributed by atoms with Gasteiger partial charge in [-0.3, -0.25) is 25.0 Å². The Morgan fingerprint density at radius 3 is 2.22 bits per heavy atom. The molecule has 2 aromatic heterocycles. The average molecular weight is 685 g/mol. The van der Waals surface area contributed by atoms with Crippen molar-refractivity contribution in [2.75, 3.05) is 58.3 Å². The van der Waals surface area contributed by atoms with Crippen molar-refractivity contribution in [3.05, 3.63) is 47.5 Å². The maximum atomic E-state index is 13.9. The van der Waals surface area contributed by atoms with Crippen LogP contribution in [0.1, 0.15) is 60.3 Å². The number of aliphatic carboxylic acids is 1. The van der Waals surface area contributed by atoms with E-state index in [4.69, 9.17) is 9.90 Å². The summed E-state index contributed by atoms with van der Waals surface area (Å²) < 4.78 is 33.5. The number of carbonyl (C=O) groups excluding carboxylic acids is 1. The Balaban J connectivity index is 0.000000606. The number of halogens is 3. The van der Waals surface area contributed by atoms with Crippen LogP contribution in [0.2, 0.25) is 0 Å². The number of hydrazine groups is 1. The van der Waals surface area contributed by atoms with Crippen molar-refractivity contribution in [3.63, 3.8) is 0 Å². The molecule has 3 aromatic rings. The fraction of sp³-hybridized carbons (Fsp3) is 0.576. The van der Waals surface area contributed by atoms with Crippen molar-refractivity contribution >= 4 is 28.9 Å². The van der Waals surface area contributed by atoms with Crippen LogP contribution in [0.15, 0.2) is 30.6 Å². The van der Waals surface area contributed by atoms with Crippen molar-refractivity contribution in [1.29, 1.82) is 5.26 Å². The van der Waals surface area contributed by atoms with Gasteiger partial charge in [-0.05, 0) is 69.4 Å². The predicted octanol–water partition coefficient (Wildman–Crippen LogP) is 3.74. The van der Waals surface area contributed by atoms with Gasteiger partial charge < -0.3 is 14.6 Å². The third-order valence-corrected chi connectivity index (χ3v) is 9.52. The number of aromatic nitrogens is 4. The number of fused-ring (bicyclic) bond motifs is 1. The molecule has 264 valence electrons. The summed E-state index contributed by atoms with van der Waals surface area (Å²) in [7, 11) is 4.04. The van der Waals surface area contributed by atoms with Crippen molar-refractivity contribution in [1.82, 2.24) is 39.2 Å². The highest BCUT2D eigenvalue weighted by molar-refractivity contribution is 5.95. The molecule has 2 aliphatic heterocycles. The number of piperazine rings is 1. The van der Waals surface area contributed by atoms with E-state index >= 15 is 0 Å². The standard InChI is InChI=1S/C31H42N10O.C2HF3O2/c1-37-15-17-40(18-16-37)26-11-13-39(14-12-26)20-24-7-9-25(10-8-24)31(42)41(21-23-5-3-4-6-23)36-29-28-30(38(2)22-33-28)35-27(19-32)34-29;3-2(4,5)1(6)7/h7-10,22-23,26H,3-6,11-18,20-21H2,1-2H3,(H,34,35,36);(H,6,7). The Morgan fingerprint density at radius 1 is 1.00 bits per heavy atom. The number of amides is 1. The molecule has 4 heterocycles. The number of hydrogen-bond donors (Lipinski definition) is 2. The second-order valence-corrected chi connectivity index (χ2v) is 13.1. The van der Waals surface area contributed by atoms with Crippen LogP contribution >= 0.6 is 0 Å². The number of anilines is 1. The van der Waals surface area contributed by atoms with Crippen LogP contribution in [-0.4, -0.2) is 121 Å². The first kappa shape index (κ1) is 36.0. The average Bonchev–Trinajstić information content (AvgIpc) is 3.74. The molecule has 3 fully saturated rings. The van der Waals surface area contributed by atoms with Crippen LogP contribution in [0, 0.1) is 17.2 Å². The number of carbonyl (C=O) groups is 2. The van der Waals surface area contributed by atoms with E-state index in [-0.39, 0.29) is 11.7 Å². The summed E-state index contributed by atoms with van der Waals surface area (Å²) in [6.07, 6.45) is 3.58. The molecule has 0 bridgehead atoms. The highest BCUT2D eigenvalue weighted by Crippen LogP contribution is 2.27. The summed E-state index contributed by atoms with van der Waals surface area (Å²) in [5, 5.41) is 18.3. The number of imidazole rings is 1.